The molecule has 1 aromatic carbocycles. The van der Waals surface area contributed by atoms with E-state index in [0.717, 1.165) is 22.3 Å². The Balaban J connectivity index is 2.24. The molecule has 2 aromatic rings. The number of carboxylic acid groups (broad SMARTS) is 1. The van der Waals surface area contributed by atoms with Crippen LogP contribution in [0.4, 0.5) is 5.69 Å². The van der Waals surface area contributed by atoms with Gasteiger partial charge in [-0.25, -0.2) is 17.9 Å². The lowest BCUT2D eigenvalue weighted by Crippen LogP contribution is -2.51. The number of benzene rings is 1. The Labute approximate surface area is 137 Å². The second-order valence-corrected chi connectivity index (χ2v) is 8.45. The second-order valence-electron chi connectivity index (χ2n) is 5.62. The van der Waals surface area contributed by atoms with Crippen LogP contribution in [0.1, 0.15) is 23.5 Å². The third-order valence-electron chi connectivity index (χ3n) is 2.99. The fourth-order valence-corrected chi connectivity index (χ4v) is 3.93. The van der Waals surface area contributed by atoms with Gasteiger partial charge in [-0.15, -0.1) is 11.3 Å². The van der Waals surface area contributed by atoms with Gasteiger partial charge in [0.15, 0.2) is 0 Å². The summed E-state index contributed by atoms with van der Waals surface area (Å²) in [5.74, 6) is -1.52. The van der Waals surface area contributed by atoms with Crippen LogP contribution in [-0.4, -0.2) is 37.2 Å². The smallest absolute Gasteiger partial charge is 0.345 e. The van der Waals surface area contributed by atoms with Crippen LogP contribution in [0.15, 0.2) is 24.3 Å². The molecule has 9 heteroatoms. The van der Waals surface area contributed by atoms with Gasteiger partial charge >= 0.3 is 5.97 Å². The highest BCUT2D eigenvalue weighted by Gasteiger charge is 2.30. The van der Waals surface area contributed by atoms with E-state index in [4.69, 9.17) is 5.11 Å². The first-order chi connectivity index (χ1) is 10.5. The van der Waals surface area contributed by atoms with Crippen molar-refractivity contribution in [2.45, 2.75) is 19.4 Å². The van der Waals surface area contributed by atoms with Gasteiger partial charge in [0.1, 0.15) is 10.4 Å². The van der Waals surface area contributed by atoms with Crippen LogP contribution >= 0.6 is 11.3 Å². The van der Waals surface area contributed by atoms with Crippen molar-refractivity contribution in [1.82, 2.24) is 4.72 Å². The number of sulfonamides is 1. The highest BCUT2D eigenvalue weighted by Crippen LogP contribution is 2.28. The molecule has 7 nitrogen and oxygen atoms in total. The lowest BCUT2D eigenvalue weighted by molar-refractivity contribution is -0.120. The van der Waals surface area contributed by atoms with Crippen LogP contribution in [0.5, 0.6) is 0 Å². The van der Waals surface area contributed by atoms with Crippen LogP contribution < -0.4 is 10.0 Å². The average Bonchev–Trinajstić information content (AvgIpc) is 2.79. The number of nitrogens with one attached hydrogen (secondary N) is 2. The van der Waals surface area contributed by atoms with Crippen molar-refractivity contribution in [2.75, 3.05) is 11.6 Å². The van der Waals surface area contributed by atoms with E-state index in [-0.39, 0.29) is 4.88 Å². The molecular formula is C14H16N2O5S2. The van der Waals surface area contributed by atoms with E-state index >= 15 is 0 Å². The molecule has 124 valence electrons. The second kappa shape index (κ2) is 5.91. The molecule has 0 spiro atoms. The molecule has 0 aliphatic rings. The number of rotatable bonds is 5. The van der Waals surface area contributed by atoms with Crippen LogP contribution in [0.2, 0.25) is 0 Å². The number of carboxylic acids is 1. The number of carbonyl (C=O) groups excluding carboxylic acids is 1. The summed E-state index contributed by atoms with van der Waals surface area (Å²) in [6.45, 7) is 2.91. The van der Waals surface area contributed by atoms with Gasteiger partial charge in [0.25, 0.3) is 0 Å². The minimum Gasteiger partial charge on any atom is -0.477 e. The SMILES string of the molecule is CC(C)(NS(C)(=O)=O)C(=O)Nc1ccc2sc(C(=O)O)cc2c1. The molecule has 3 N–H and O–H groups in total. The van der Waals surface area contributed by atoms with Crippen molar-refractivity contribution in [1.29, 1.82) is 0 Å². The van der Waals surface area contributed by atoms with Crippen LogP contribution in [0.3, 0.4) is 0 Å². The Morgan fingerprint density at radius 3 is 2.43 bits per heavy atom. The Morgan fingerprint density at radius 1 is 1.22 bits per heavy atom. The van der Waals surface area contributed by atoms with E-state index in [0.29, 0.717) is 11.1 Å². The molecular weight excluding hydrogens is 340 g/mol. The minimum absolute atomic E-state index is 0.211. The topological polar surface area (TPSA) is 113 Å². The molecule has 0 aliphatic heterocycles. The fourth-order valence-electron chi connectivity index (χ4n) is 2.02. The maximum absolute atomic E-state index is 12.2. The zero-order chi connectivity index (χ0) is 17.4. The lowest BCUT2D eigenvalue weighted by Gasteiger charge is -2.23. The third kappa shape index (κ3) is 4.27. The van der Waals surface area contributed by atoms with E-state index < -0.39 is 27.4 Å². The van der Waals surface area contributed by atoms with Gasteiger partial charge in [-0.05, 0) is 43.5 Å². The quantitative estimate of drug-likeness (QED) is 0.757. The lowest BCUT2D eigenvalue weighted by atomic mass is 10.1. The monoisotopic (exact) mass is 356 g/mol. The first kappa shape index (κ1) is 17.4. The Hall–Kier alpha value is -1.97. The number of fused-ring (bicyclic) bond motifs is 1. The summed E-state index contributed by atoms with van der Waals surface area (Å²) in [5.41, 5.74) is -0.857. The summed E-state index contributed by atoms with van der Waals surface area (Å²) < 4.78 is 25.6. The summed E-state index contributed by atoms with van der Waals surface area (Å²) in [5, 5.41) is 12.3. The summed E-state index contributed by atoms with van der Waals surface area (Å²) in [6.07, 6.45) is 0.979. The van der Waals surface area contributed by atoms with Crippen LogP contribution in [0.25, 0.3) is 10.1 Å². The zero-order valence-electron chi connectivity index (χ0n) is 12.7. The third-order valence-corrected chi connectivity index (χ3v) is 4.98. The van der Waals surface area contributed by atoms with Crippen molar-refractivity contribution < 1.29 is 23.1 Å². The predicted molar refractivity (Wildman–Crippen MR) is 89.5 cm³/mol. The van der Waals surface area contributed by atoms with E-state index in [1.54, 1.807) is 18.2 Å². The molecule has 0 fully saturated rings. The highest BCUT2D eigenvalue weighted by atomic mass is 32.2. The predicted octanol–water partition coefficient (Wildman–Crippen LogP) is 1.87. The van der Waals surface area contributed by atoms with Crippen molar-refractivity contribution in [3.8, 4) is 0 Å². The van der Waals surface area contributed by atoms with Gasteiger partial charge in [0, 0.05) is 10.4 Å². The number of amides is 1. The summed E-state index contributed by atoms with van der Waals surface area (Å²) >= 11 is 1.14. The molecule has 0 saturated heterocycles. The Morgan fingerprint density at radius 2 is 1.87 bits per heavy atom. The molecule has 0 radical (unpaired) electrons. The van der Waals surface area contributed by atoms with Crippen molar-refractivity contribution in [3.05, 3.63) is 29.1 Å². The van der Waals surface area contributed by atoms with Gasteiger partial charge in [-0.2, -0.15) is 0 Å². The molecule has 0 aliphatic carbocycles. The van der Waals surface area contributed by atoms with Gasteiger partial charge in [0.05, 0.1) is 6.26 Å². The molecule has 0 bridgehead atoms. The maximum atomic E-state index is 12.2. The number of aromatic carboxylic acids is 1. The molecule has 0 unspecified atom stereocenters. The number of carbonyl (C=O) groups is 2. The first-order valence-corrected chi connectivity index (χ1v) is 9.26. The number of anilines is 1. The van der Waals surface area contributed by atoms with E-state index in [1.807, 2.05) is 0 Å². The molecule has 2 rings (SSSR count). The van der Waals surface area contributed by atoms with Gasteiger partial charge in [0.2, 0.25) is 15.9 Å². The van der Waals surface area contributed by atoms with E-state index in [2.05, 4.69) is 10.0 Å². The van der Waals surface area contributed by atoms with Crippen LogP contribution in [-0.2, 0) is 14.8 Å². The zero-order valence-corrected chi connectivity index (χ0v) is 14.3. The highest BCUT2D eigenvalue weighted by molar-refractivity contribution is 7.88. The van der Waals surface area contributed by atoms with Crippen LogP contribution in [0, 0.1) is 0 Å². The summed E-state index contributed by atoms with van der Waals surface area (Å²) in [6, 6.07) is 6.52. The summed E-state index contributed by atoms with van der Waals surface area (Å²) in [7, 11) is -3.53. The number of thiophene rings is 1. The number of hydrogen-bond donors (Lipinski definition) is 3. The molecule has 1 aromatic heterocycles. The van der Waals surface area contributed by atoms with Crippen molar-refractivity contribution in [2.24, 2.45) is 0 Å². The molecule has 0 saturated carbocycles. The normalized spacial score (nSPS) is 12.3. The van der Waals surface area contributed by atoms with Gasteiger partial charge in [-0.3, -0.25) is 4.79 Å². The number of hydrogen-bond acceptors (Lipinski definition) is 5. The Bertz CT molecular complexity index is 884. The van der Waals surface area contributed by atoms with Gasteiger partial charge < -0.3 is 10.4 Å². The van der Waals surface area contributed by atoms with Crippen molar-refractivity contribution >= 4 is 49.0 Å². The minimum atomic E-state index is -3.53. The van der Waals surface area contributed by atoms with E-state index in [1.165, 1.54) is 19.9 Å². The molecule has 23 heavy (non-hydrogen) atoms. The average molecular weight is 356 g/mol. The maximum Gasteiger partial charge on any atom is 0.345 e. The largest absolute Gasteiger partial charge is 0.477 e. The molecule has 0 atom stereocenters. The molecule has 1 heterocycles. The van der Waals surface area contributed by atoms with E-state index in [9.17, 15) is 18.0 Å². The first-order valence-electron chi connectivity index (χ1n) is 6.55. The van der Waals surface area contributed by atoms with Crippen molar-refractivity contribution in [3.63, 3.8) is 0 Å². The van der Waals surface area contributed by atoms with Gasteiger partial charge in [-0.1, -0.05) is 0 Å². The summed E-state index contributed by atoms with van der Waals surface area (Å²) in [4.78, 5) is 23.4. The Kier molecular flexibility index (Phi) is 4.47. The standard InChI is InChI=1S/C14H16N2O5S2/c1-14(2,16-23(3,20)21)13(19)15-9-4-5-10-8(6-9)7-11(22-10)12(17)18/h4-7,16H,1-3H3,(H,15,19)(H,17,18). The fraction of sp³-hybridized carbons (Fsp3) is 0.286. The molecule has 1 amide bonds.